The number of hydrogen-bond donors (Lipinski definition) is 0. The van der Waals surface area contributed by atoms with Gasteiger partial charge in [0.25, 0.3) is 0 Å². The van der Waals surface area contributed by atoms with Gasteiger partial charge in [0.2, 0.25) is 0 Å². The van der Waals surface area contributed by atoms with Crippen molar-refractivity contribution in [1.29, 1.82) is 0 Å². The molecule has 0 aliphatic carbocycles. The van der Waals surface area contributed by atoms with Crippen LogP contribution in [-0.2, 0) is 9.53 Å². The molecule has 1 rings (SSSR count). The highest BCUT2D eigenvalue weighted by molar-refractivity contribution is 5.97. The van der Waals surface area contributed by atoms with Gasteiger partial charge in [0.05, 0.1) is 0 Å². The van der Waals surface area contributed by atoms with Gasteiger partial charge in [-0.25, -0.2) is 9.79 Å². The minimum Gasteiger partial charge on any atom is -0.410 e. The maximum absolute atomic E-state index is 10.2. The minimum atomic E-state index is -0.630. The van der Waals surface area contributed by atoms with E-state index in [1.165, 1.54) is 0 Å². The molecule has 0 radical (unpaired) electrons. The van der Waals surface area contributed by atoms with Gasteiger partial charge in [-0.15, -0.1) is 0 Å². The van der Waals surface area contributed by atoms with Crippen LogP contribution in [0.2, 0.25) is 0 Å². The Morgan fingerprint density at radius 2 is 2.86 bits per heavy atom. The first-order chi connectivity index (χ1) is 3.70. The molecule has 3 nitrogen and oxygen atoms in total. The van der Waals surface area contributed by atoms with Crippen LogP contribution < -0.4 is 0 Å². The molecular formula is C4H3NO2. The third-order valence-electron chi connectivity index (χ3n) is 0.555. The molecule has 0 aromatic carbocycles. The van der Waals surface area contributed by atoms with Crippen molar-refractivity contribution in [1.82, 2.24) is 0 Å². The number of carbonyl (C=O) groups is 1. The van der Waals surface area contributed by atoms with Gasteiger partial charge in [-0.05, 0) is 0 Å². The highest BCUT2D eigenvalue weighted by Crippen LogP contribution is 1.99. The Hall–Kier alpha value is -1.12. The largest absolute Gasteiger partial charge is 0.410 e. The van der Waals surface area contributed by atoms with Crippen LogP contribution in [0.3, 0.4) is 0 Å². The smallest absolute Gasteiger partial charge is 0.362 e. The zero-order valence-electron chi connectivity index (χ0n) is 4.47. The minimum absolute atomic E-state index is 0.00463. The first-order valence-electron chi connectivity index (χ1n) is 2.16. The highest BCUT2D eigenvalue weighted by atomic mass is 16.5. The lowest BCUT2D eigenvalue weighted by molar-refractivity contribution is -0.129. The van der Waals surface area contributed by atoms with Gasteiger partial charge in [-0.3, -0.25) is 0 Å². The molecule has 1 aliphatic heterocycles. The number of carbonyl (C=O) groups excluding carboxylic acids is 1. The summed E-state index contributed by atoms with van der Waals surface area (Å²) in [5, 5.41) is 0. The molecule has 0 unspecified atom stereocenters. The van der Waals surface area contributed by atoms with E-state index >= 15 is 0 Å². The molecule has 3 heteroatoms. The summed E-state index contributed by atoms with van der Waals surface area (Å²) in [5.74, 6) is -0.630. The van der Waals surface area contributed by atoms with E-state index in [2.05, 4.69) is 16.3 Å². The van der Waals surface area contributed by atoms with E-state index in [0.717, 1.165) is 0 Å². The summed E-state index contributed by atoms with van der Waals surface area (Å²) in [7, 11) is 0. The summed E-state index contributed by atoms with van der Waals surface area (Å²) in [4.78, 5) is 13.5. The van der Waals surface area contributed by atoms with Crippen LogP contribution in [0.5, 0.6) is 0 Å². The molecular weight excluding hydrogens is 94.0 g/mol. The van der Waals surface area contributed by atoms with Crippen LogP contribution in [0.25, 0.3) is 0 Å². The molecule has 0 fully saturated rings. The van der Waals surface area contributed by atoms with Crippen LogP contribution in [0.4, 0.5) is 0 Å². The molecule has 0 saturated heterocycles. The maximum atomic E-state index is 10.2. The summed E-state index contributed by atoms with van der Waals surface area (Å²) in [5.41, 5.74) is -0.00463. The van der Waals surface area contributed by atoms with Crippen LogP contribution in [-0.4, -0.2) is 12.3 Å². The van der Waals surface area contributed by atoms with E-state index < -0.39 is 5.97 Å². The molecule has 0 amide bonds. The van der Waals surface area contributed by atoms with Crippen molar-refractivity contribution in [2.45, 2.75) is 0 Å². The zero-order chi connectivity index (χ0) is 6.15. The summed E-state index contributed by atoms with van der Waals surface area (Å²) in [6.07, 6.45) is -0.375. The molecule has 0 atom stereocenters. The summed E-state index contributed by atoms with van der Waals surface area (Å²) >= 11 is 0. The lowest BCUT2D eigenvalue weighted by atomic mass is 10.5. The number of cyclic esters (lactones) is 1. The lowest BCUT2D eigenvalue weighted by Crippen LogP contribution is -1.93. The lowest BCUT2D eigenvalue weighted by Gasteiger charge is -1.79. The van der Waals surface area contributed by atoms with E-state index in [1.807, 2.05) is 0 Å². The van der Waals surface area contributed by atoms with Crippen molar-refractivity contribution in [3.8, 4) is 0 Å². The number of hydrogen-bond acceptors (Lipinski definition) is 3. The van der Waals surface area contributed by atoms with E-state index in [4.69, 9.17) is 1.37 Å². The Labute approximate surface area is 41.7 Å². The molecule has 0 N–H and O–H groups in total. The van der Waals surface area contributed by atoms with Crippen molar-refractivity contribution in [3.05, 3.63) is 12.3 Å². The Morgan fingerprint density at radius 1 is 2.14 bits per heavy atom. The first-order valence-corrected chi connectivity index (χ1v) is 1.66. The number of esters is 1. The van der Waals surface area contributed by atoms with Crippen LogP contribution in [0.15, 0.2) is 17.3 Å². The second-order valence-corrected chi connectivity index (χ2v) is 1.04. The number of ether oxygens (including phenoxy) is 1. The molecule has 0 aromatic heterocycles. The molecule has 0 saturated carbocycles. The van der Waals surface area contributed by atoms with Gasteiger partial charge in [0.15, 0.2) is 6.38 Å². The average Bonchev–Trinajstić information content (AvgIpc) is 1.85. The molecule has 1 aliphatic rings. The second kappa shape index (κ2) is 1.18. The fourth-order valence-electron chi connectivity index (χ4n) is 0.224. The van der Waals surface area contributed by atoms with Gasteiger partial charge in [0, 0.05) is 0 Å². The van der Waals surface area contributed by atoms with Gasteiger partial charge in [-0.1, -0.05) is 6.58 Å². The SMILES string of the molecule is [2H]C1=NC(=C)C(=O)O1. The Morgan fingerprint density at radius 3 is 3.00 bits per heavy atom. The molecule has 0 spiro atoms. The van der Waals surface area contributed by atoms with Crippen molar-refractivity contribution in [2.75, 3.05) is 0 Å². The van der Waals surface area contributed by atoms with E-state index in [0.29, 0.717) is 0 Å². The Balaban J connectivity index is 2.85. The van der Waals surface area contributed by atoms with Crippen LogP contribution in [0, 0.1) is 0 Å². The zero-order valence-corrected chi connectivity index (χ0v) is 3.47. The third-order valence-corrected chi connectivity index (χ3v) is 0.555. The standard InChI is InChI=1S/C4H3NO2/c1-3-4(6)7-2-5-3/h2H,1H2/i2D. The number of aliphatic imine (C=N–C) groups is 1. The molecule has 7 heavy (non-hydrogen) atoms. The van der Waals surface area contributed by atoms with E-state index in [-0.39, 0.29) is 12.1 Å². The van der Waals surface area contributed by atoms with Gasteiger partial charge in [-0.2, -0.15) is 0 Å². The summed E-state index contributed by atoms with van der Waals surface area (Å²) < 4.78 is 10.8. The maximum Gasteiger partial charge on any atom is 0.362 e. The van der Waals surface area contributed by atoms with Crippen molar-refractivity contribution >= 4 is 12.3 Å². The predicted molar refractivity (Wildman–Crippen MR) is 23.7 cm³/mol. The third kappa shape index (κ3) is 0.513. The fraction of sp³-hybridized carbons (Fsp3) is 0. The number of nitrogens with zero attached hydrogens (tertiary/aromatic N) is 1. The van der Waals surface area contributed by atoms with Crippen molar-refractivity contribution < 1.29 is 10.9 Å². The Bertz CT molecular complexity index is 184. The van der Waals surface area contributed by atoms with Crippen LogP contribution in [0.1, 0.15) is 1.37 Å². The predicted octanol–water partition coefficient (Wildman–Crippen LogP) is 0.0852. The monoisotopic (exact) mass is 98.0 g/mol. The highest BCUT2D eigenvalue weighted by Gasteiger charge is 2.09. The summed E-state index contributed by atoms with van der Waals surface area (Å²) in [6, 6.07) is 0. The van der Waals surface area contributed by atoms with Gasteiger partial charge < -0.3 is 4.74 Å². The fourth-order valence-corrected chi connectivity index (χ4v) is 0.224. The molecule has 0 bridgehead atoms. The molecule has 0 aromatic rings. The Kier molecular flexibility index (Phi) is 0.500. The van der Waals surface area contributed by atoms with Gasteiger partial charge in [0.1, 0.15) is 7.07 Å². The van der Waals surface area contributed by atoms with E-state index in [9.17, 15) is 4.79 Å². The average molecular weight is 98.1 g/mol. The molecule has 1 heterocycles. The second-order valence-electron chi connectivity index (χ2n) is 1.04. The number of rotatable bonds is 0. The topological polar surface area (TPSA) is 38.7 Å². The quantitative estimate of drug-likeness (QED) is 0.318. The van der Waals surface area contributed by atoms with Crippen molar-refractivity contribution in [2.24, 2.45) is 4.99 Å². The normalized spacial score (nSPS) is 21.1. The molecule has 36 valence electrons. The first kappa shape index (κ1) is 2.96. The van der Waals surface area contributed by atoms with E-state index in [1.54, 1.807) is 0 Å². The van der Waals surface area contributed by atoms with Gasteiger partial charge >= 0.3 is 5.97 Å². The summed E-state index contributed by atoms with van der Waals surface area (Å²) in [6.45, 7) is 3.20. The van der Waals surface area contributed by atoms with Crippen molar-refractivity contribution in [3.63, 3.8) is 0 Å². The van der Waals surface area contributed by atoms with Crippen LogP contribution >= 0.6 is 0 Å².